The molecule has 22 heavy (non-hydrogen) atoms. The molecule has 5 nitrogen and oxygen atoms in total. The van der Waals surface area contributed by atoms with Crippen LogP contribution >= 0.6 is 0 Å². The maximum Gasteiger partial charge on any atom is 0.407 e. The number of carbonyl (C=O) groups is 2. The van der Waals surface area contributed by atoms with E-state index in [1.54, 1.807) is 0 Å². The van der Waals surface area contributed by atoms with Gasteiger partial charge in [-0.05, 0) is 43.1 Å². The van der Waals surface area contributed by atoms with Gasteiger partial charge in [0, 0.05) is 6.04 Å². The molecule has 0 radical (unpaired) electrons. The highest BCUT2D eigenvalue weighted by Gasteiger charge is 2.58. The van der Waals surface area contributed by atoms with Crippen LogP contribution in [0.25, 0.3) is 0 Å². The molecule has 2 fully saturated rings. The molecule has 1 amide bonds. The molecule has 1 aromatic carbocycles. The van der Waals surface area contributed by atoms with Gasteiger partial charge in [-0.2, -0.15) is 0 Å². The molecule has 118 valence electrons. The van der Waals surface area contributed by atoms with Gasteiger partial charge < -0.3 is 15.2 Å². The number of amides is 1. The third-order valence-electron chi connectivity index (χ3n) is 5.00. The van der Waals surface area contributed by atoms with Crippen molar-refractivity contribution in [1.29, 1.82) is 0 Å². The number of hydrogen-bond acceptors (Lipinski definition) is 3. The van der Waals surface area contributed by atoms with E-state index in [0.29, 0.717) is 0 Å². The molecule has 2 aliphatic carbocycles. The minimum absolute atomic E-state index is 0.0119. The first-order valence-corrected chi connectivity index (χ1v) is 7.79. The van der Waals surface area contributed by atoms with Gasteiger partial charge in [0.15, 0.2) is 0 Å². The average Bonchev–Trinajstić information content (AvgIpc) is 3.23. The number of carboxylic acid groups (broad SMARTS) is 1. The Hall–Kier alpha value is -2.04. The van der Waals surface area contributed by atoms with Crippen LogP contribution in [0.3, 0.4) is 0 Å². The van der Waals surface area contributed by atoms with E-state index in [4.69, 9.17) is 9.84 Å². The lowest BCUT2D eigenvalue weighted by atomic mass is 9.82. The molecule has 0 aliphatic heterocycles. The van der Waals surface area contributed by atoms with Gasteiger partial charge in [0.1, 0.15) is 6.61 Å². The predicted molar refractivity (Wildman–Crippen MR) is 80.2 cm³/mol. The van der Waals surface area contributed by atoms with Crippen molar-refractivity contribution in [3.63, 3.8) is 0 Å². The Morgan fingerprint density at radius 1 is 1.23 bits per heavy atom. The summed E-state index contributed by atoms with van der Waals surface area (Å²) in [4.78, 5) is 22.8. The van der Waals surface area contributed by atoms with E-state index in [9.17, 15) is 9.59 Å². The van der Waals surface area contributed by atoms with Crippen LogP contribution in [0, 0.1) is 11.3 Å². The molecule has 2 aliphatic rings. The number of aliphatic carboxylic acids is 1. The second kappa shape index (κ2) is 5.99. The van der Waals surface area contributed by atoms with Crippen LogP contribution in [0.4, 0.5) is 4.79 Å². The summed E-state index contributed by atoms with van der Waals surface area (Å²) in [5.74, 6) is -0.841. The lowest BCUT2D eigenvalue weighted by Gasteiger charge is -2.29. The largest absolute Gasteiger partial charge is 0.481 e. The monoisotopic (exact) mass is 303 g/mol. The van der Waals surface area contributed by atoms with Crippen molar-refractivity contribution in [3.05, 3.63) is 35.9 Å². The summed E-state index contributed by atoms with van der Waals surface area (Å²) in [6.07, 6.45) is 3.85. The van der Waals surface area contributed by atoms with Crippen LogP contribution in [0.1, 0.15) is 37.7 Å². The van der Waals surface area contributed by atoms with Crippen molar-refractivity contribution >= 4 is 12.1 Å². The normalized spacial score (nSPS) is 29.8. The van der Waals surface area contributed by atoms with Gasteiger partial charge in [-0.1, -0.05) is 30.3 Å². The van der Waals surface area contributed by atoms with Gasteiger partial charge in [0.25, 0.3) is 0 Å². The second-order valence-electron chi connectivity index (χ2n) is 6.44. The van der Waals surface area contributed by atoms with Crippen molar-refractivity contribution in [2.75, 3.05) is 0 Å². The molecule has 0 aromatic heterocycles. The number of benzene rings is 1. The van der Waals surface area contributed by atoms with Crippen molar-refractivity contribution in [3.8, 4) is 0 Å². The Labute approximate surface area is 129 Å². The molecule has 5 heteroatoms. The molecule has 2 saturated carbocycles. The van der Waals surface area contributed by atoms with Crippen LogP contribution in [-0.4, -0.2) is 23.2 Å². The fraction of sp³-hybridized carbons (Fsp3) is 0.529. The number of alkyl carbamates (subject to hydrolysis) is 1. The Balaban J connectivity index is 1.40. The molecule has 0 bridgehead atoms. The van der Waals surface area contributed by atoms with Crippen LogP contribution in [0.15, 0.2) is 30.3 Å². The maximum absolute atomic E-state index is 11.8. The number of carbonyl (C=O) groups excluding carboxylic acids is 1. The smallest absolute Gasteiger partial charge is 0.407 e. The second-order valence-corrected chi connectivity index (χ2v) is 6.44. The fourth-order valence-corrected chi connectivity index (χ4v) is 3.52. The minimum Gasteiger partial charge on any atom is -0.481 e. The SMILES string of the molecule is O=C(NC1CCC2(CC1)CC2C(=O)O)OCc1ccccc1. The summed E-state index contributed by atoms with van der Waals surface area (Å²) >= 11 is 0. The third-order valence-corrected chi connectivity index (χ3v) is 5.00. The molecule has 1 atom stereocenters. The summed E-state index contributed by atoms with van der Waals surface area (Å²) in [6, 6.07) is 9.66. The van der Waals surface area contributed by atoms with Gasteiger partial charge in [-0.15, -0.1) is 0 Å². The van der Waals surface area contributed by atoms with E-state index >= 15 is 0 Å². The van der Waals surface area contributed by atoms with Gasteiger partial charge in [-0.3, -0.25) is 4.79 Å². The number of nitrogens with one attached hydrogen (secondary N) is 1. The highest BCUT2D eigenvalue weighted by atomic mass is 16.5. The standard InChI is InChI=1S/C17H21NO4/c19-15(20)14-10-17(14)8-6-13(7-9-17)18-16(21)22-11-12-4-2-1-3-5-12/h1-5,13-14H,6-11H2,(H,18,21)(H,19,20). The summed E-state index contributed by atoms with van der Waals surface area (Å²) < 4.78 is 5.21. The number of hydrogen-bond donors (Lipinski definition) is 2. The molecular formula is C17H21NO4. The van der Waals surface area contributed by atoms with Crippen LogP contribution in [-0.2, 0) is 16.1 Å². The van der Waals surface area contributed by atoms with E-state index in [0.717, 1.165) is 37.7 Å². The molecule has 2 N–H and O–H groups in total. The molecule has 0 heterocycles. The Kier molecular flexibility index (Phi) is 4.05. The molecule has 3 rings (SSSR count). The topological polar surface area (TPSA) is 75.6 Å². The zero-order valence-corrected chi connectivity index (χ0v) is 12.5. The molecular weight excluding hydrogens is 282 g/mol. The first-order chi connectivity index (χ1) is 10.6. The molecule has 1 aromatic rings. The summed E-state index contributed by atoms with van der Waals surface area (Å²) in [6.45, 7) is 0.268. The zero-order chi connectivity index (χ0) is 15.6. The van der Waals surface area contributed by atoms with Gasteiger partial charge in [-0.25, -0.2) is 4.79 Å². The summed E-state index contributed by atoms with van der Waals surface area (Å²) in [7, 11) is 0. The van der Waals surface area contributed by atoms with Crippen LogP contribution < -0.4 is 5.32 Å². The minimum atomic E-state index is -0.673. The molecule has 1 unspecified atom stereocenters. The predicted octanol–water partition coefficient (Wildman–Crippen LogP) is 2.95. The van der Waals surface area contributed by atoms with E-state index in [2.05, 4.69) is 5.32 Å². The van der Waals surface area contributed by atoms with Crippen molar-refractivity contribution in [2.24, 2.45) is 11.3 Å². The van der Waals surface area contributed by atoms with Gasteiger partial charge >= 0.3 is 12.1 Å². The molecule has 0 saturated heterocycles. The highest BCUT2D eigenvalue weighted by molar-refractivity contribution is 5.74. The quantitative estimate of drug-likeness (QED) is 0.896. The fourth-order valence-electron chi connectivity index (χ4n) is 3.52. The first kappa shape index (κ1) is 14.9. The first-order valence-electron chi connectivity index (χ1n) is 7.79. The zero-order valence-electron chi connectivity index (χ0n) is 12.5. The Bertz CT molecular complexity index is 549. The van der Waals surface area contributed by atoms with E-state index in [-0.39, 0.29) is 24.0 Å². The van der Waals surface area contributed by atoms with Crippen molar-refractivity contribution in [1.82, 2.24) is 5.32 Å². The summed E-state index contributed by atoms with van der Waals surface area (Å²) in [5, 5.41) is 12.0. The van der Waals surface area contributed by atoms with Crippen LogP contribution in [0.5, 0.6) is 0 Å². The maximum atomic E-state index is 11.8. The number of rotatable bonds is 4. The summed E-state index contributed by atoms with van der Waals surface area (Å²) in [5.41, 5.74) is 0.973. The van der Waals surface area contributed by atoms with Gasteiger partial charge in [0.2, 0.25) is 0 Å². The number of ether oxygens (including phenoxy) is 1. The Morgan fingerprint density at radius 3 is 2.50 bits per heavy atom. The van der Waals surface area contributed by atoms with E-state index < -0.39 is 12.1 Å². The van der Waals surface area contributed by atoms with Crippen LogP contribution in [0.2, 0.25) is 0 Å². The number of carboxylic acids is 1. The van der Waals surface area contributed by atoms with Crippen molar-refractivity contribution in [2.45, 2.75) is 44.8 Å². The van der Waals surface area contributed by atoms with E-state index in [1.165, 1.54) is 0 Å². The average molecular weight is 303 g/mol. The van der Waals surface area contributed by atoms with Gasteiger partial charge in [0.05, 0.1) is 5.92 Å². The molecule has 1 spiro atoms. The lowest BCUT2D eigenvalue weighted by molar-refractivity contribution is -0.139. The van der Waals surface area contributed by atoms with Crippen molar-refractivity contribution < 1.29 is 19.4 Å². The third kappa shape index (κ3) is 3.24. The van der Waals surface area contributed by atoms with E-state index in [1.807, 2.05) is 30.3 Å². The lowest BCUT2D eigenvalue weighted by Crippen LogP contribution is -2.38. The Morgan fingerprint density at radius 2 is 1.91 bits per heavy atom. The highest BCUT2D eigenvalue weighted by Crippen LogP contribution is 2.61.